The molecule has 0 radical (unpaired) electrons. The van der Waals surface area contributed by atoms with Crippen molar-refractivity contribution in [2.75, 3.05) is 51.3 Å². The molecule has 2 aromatic heterocycles. The number of unbranched alkanes of at least 4 members (excludes halogenated alkanes) is 1. The third-order valence-corrected chi connectivity index (χ3v) is 10.4. The number of aliphatic hydroxyl groups excluding tert-OH is 1. The number of aliphatic hydroxyl groups is 1. The van der Waals surface area contributed by atoms with Gasteiger partial charge in [-0.1, -0.05) is 55.3 Å². The van der Waals surface area contributed by atoms with Crippen molar-refractivity contribution in [3.8, 4) is 17.3 Å². The number of carbonyl (C=O) groups is 1. The molecule has 1 N–H and O–H groups in total. The highest BCUT2D eigenvalue weighted by atomic mass is 35.5. The van der Waals surface area contributed by atoms with E-state index in [1.807, 2.05) is 31.2 Å². The van der Waals surface area contributed by atoms with Crippen molar-refractivity contribution in [1.82, 2.24) is 24.8 Å². The first kappa shape index (κ1) is 32.7. The Morgan fingerprint density at radius 3 is 2.81 bits per heavy atom. The zero-order valence-electron chi connectivity index (χ0n) is 27.0. The number of fused-ring (bicyclic) bond motifs is 3. The lowest BCUT2D eigenvalue weighted by Crippen LogP contribution is -2.44. The lowest BCUT2D eigenvalue weighted by Gasteiger charge is -2.31. The van der Waals surface area contributed by atoms with E-state index in [1.54, 1.807) is 24.1 Å². The number of β-amino-alcohol motifs (C(OH)–C–C–N with tert-alkyl or cyclic N) is 1. The third-order valence-electron chi connectivity index (χ3n) is 10.1. The molecule has 0 saturated carbocycles. The van der Waals surface area contributed by atoms with Crippen molar-refractivity contribution in [2.24, 2.45) is 0 Å². The topological polar surface area (TPSA) is 104 Å². The fourth-order valence-corrected chi connectivity index (χ4v) is 7.82. The summed E-state index contributed by atoms with van der Waals surface area (Å²) in [4.78, 5) is 31.9. The number of nitrogens with zero attached hydrogens (tertiary/aromatic N) is 6. The molecular formula is C35H39ClF2N6O4. The average Bonchev–Trinajstić information content (AvgIpc) is 3.75. The first-order chi connectivity index (χ1) is 23.2. The van der Waals surface area contributed by atoms with E-state index in [0.29, 0.717) is 40.9 Å². The second-order valence-electron chi connectivity index (χ2n) is 13.1. The molecule has 7 rings (SSSR count). The third kappa shape index (κ3) is 5.88. The maximum Gasteiger partial charge on any atom is 0.409 e. The van der Waals surface area contributed by atoms with Gasteiger partial charge in [0.1, 0.15) is 29.8 Å². The van der Waals surface area contributed by atoms with Crippen LogP contribution < -0.4 is 9.64 Å². The van der Waals surface area contributed by atoms with Gasteiger partial charge in [-0.15, -0.1) is 0 Å². The number of benzene rings is 2. The first-order valence-corrected chi connectivity index (χ1v) is 17.0. The van der Waals surface area contributed by atoms with E-state index in [-0.39, 0.29) is 42.7 Å². The van der Waals surface area contributed by atoms with Gasteiger partial charge in [-0.25, -0.2) is 13.6 Å². The van der Waals surface area contributed by atoms with Crippen LogP contribution in [0.1, 0.15) is 39.0 Å². The van der Waals surface area contributed by atoms with Crippen LogP contribution in [0.3, 0.4) is 0 Å². The molecule has 4 atom stereocenters. The average molecular weight is 681 g/mol. The predicted octanol–water partition coefficient (Wildman–Crippen LogP) is 6.01. The summed E-state index contributed by atoms with van der Waals surface area (Å²) in [6.07, 6.45) is 2.88. The van der Waals surface area contributed by atoms with Crippen LogP contribution in [-0.2, 0) is 4.74 Å². The Hall–Kier alpha value is -3.87. The number of rotatable bonds is 9. The van der Waals surface area contributed by atoms with E-state index in [1.165, 1.54) is 11.1 Å². The number of carbonyl (C=O) groups excluding carboxylic acids is 1. The standard InChI is InChI=1S/C35H39ClF2N6O4/c1-3-4-14-47-34(46)43-18-26(27(45)19-43)42(2)32-24-16-39-30(23-10-5-8-21-9-6-11-25(36)28(21)23)29(38)31(24)40-33(41-32)48-20-35-12-7-13-44(35)17-22(37)15-35/h5-6,8-11,16,22,26-27,45H,3-4,7,12-15,17-20H2,1-2H3/t22-,26?,27?,35+/m1/s1. The van der Waals surface area contributed by atoms with E-state index < -0.39 is 35.8 Å². The summed E-state index contributed by atoms with van der Waals surface area (Å²) in [5.41, 5.74) is 0.0938. The van der Waals surface area contributed by atoms with E-state index >= 15 is 4.39 Å². The summed E-state index contributed by atoms with van der Waals surface area (Å²) in [6, 6.07) is 10.3. The van der Waals surface area contributed by atoms with Crippen molar-refractivity contribution in [3.63, 3.8) is 0 Å². The SMILES string of the molecule is CCCCOC(=O)N1CC(O)C(N(C)c2nc(OC[C@@]34CCCN3C[C@H](F)C4)nc3c(F)c(-c4cccc5cccc(Cl)c45)ncc23)C1. The molecule has 13 heteroatoms. The number of ether oxygens (including phenoxy) is 2. The van der Waals surface area contributed by atoms with E-state index in [9.17, 15) is 14.3 Å². The highest BCUT2D eigenvalue weighted by molar-refractivity contribution is 6.36. The molecular weight excluding hydrogens is 642 g/mol. The van der Waals surface area contributed by atoms with Crippen LogP contribution in [0.4, 0.5) is 19.4 Å². The summed E-state index contributed by atoms with van der Waals surface area (Å²) in [6.45, 7) is 3.88. The van der Waals surface area contributed by atoms with Crippen molar-refractivity contribution >= 4 is 45.2 Å². The van der Waals surface area contributed by atoms with E-state index in [4.69, 9.17) is 26.1 Å². The van der Waals surface area contributed by atoms with Crippen molar-refractivity contribution in [3.05, 3.63) is 53.4 Å². The zero-order valence-corrected chi connectivity index (χ0v) is 27.8. The summed E-state index contributed by atoms with van der Waals surface area (Å²) < 4.78 is 42.9. The number of aromatic nitrogens is 3. The van der Waals surface area contributed by atoms with Gasteiger partial charge < -0.3 is 24.4 Å². The lowest BCUT2D eigenvalue weighted by molar-refractivity contribution is 0.101. The number of hydrogen-bond donors (Lipinski definition) is 1. The second-order valence-corrected chi connectivity index (χ2v) is 13.5. The molecule has 1 amide bonds. The van der Waals surface area contributed by atoms with Gasteiger partial charge in [0.2, 0.25) is 0 Å². The Morgan fingerprint density at radius 2 is 2.00 bits per heavy atom. The maximum absolute atomic E-state index is 16.8. The highest BCUT2D eigenvalue weighted by Crippen LogP contribution is 2.41. The van der Waals surface area contributed by atoms with Crippen LogP contribution in [0.5, 0.6) is 6.01 Å². The Bertz CT molecular complexity index is 1850. The van der Waals surface area contributed by atoms with Crippen LogP contribution in [0.15, 0.2) is 42.6 Å². The lowest BCUT2D eigenvalue weighted by atomic mass is 9.95. The van der Waals surface area contributed by atoms with Gasteiger partial charge in [-0.3, -0.25) is 9.88 Å². The summed E-state index contributed by atoms with van der Waals surface area (Å²) in [5, 5.41) is 13.4. The maximum atomic E-state index is 16.8. The molecule has 3 aliphatic heterocycles. The van der Waals surface area contributed by atoms with Crippen LogP contribution >= 0.6 is 11.6 Å². The van der Waals surface area contributed by atoms with Crippen molar-refractivity contribution in [1.29, 1.82) is 0 Å². The number of anilines is 1. The highest BCUT2D eigenvalue weighted by Gasteiger charge is 2.49. The minimum Gasteiger partial charge on any atom is -0.461 e. The molecule has 2 unspecified atom stereocenters. The largest absolute Gasteiger partial charge is 0.461 e. The molecule has 3 fully saturated rings. The summed E-state index contributed by atoms with van der Waals surface area (Å²) in [5.74, 6) is -0.398. The molecule has 48 heavy (non-hydrogen) atoms. The molecule has 3 aliphatic rings. The van der Waals surface area contributed by atoms with Crippen molar-refractivity contribution < 1.29 is 28.2 Å². The van der Waals surface area contributed by atoms with Gasteiger partial charge in [0.05, 0.1) is 36.2 Å². The molecule has 0 spiro atoms. The number of likely N-dealkylation sites (N-methyl/N-ethyl adjacent to an activating group) is 1. The predicted molar refractivity (Wildman–Crippen MR) is 180 cm³/mol. The summed E-state index contributed by atoms with van der Waals surface area (Å²) >= 11 is 6.59. The smallest absolute Gasteiger partial charge is 0.409 e. The van der Waals surface area contributed by atoms with E-state index in [2.05, 4.69) is 14.9 Å². The van der Waals surface area contributed by atoms with Gasteiger partial charge in [-0.05, 0) is 37.3 Å². The number of amides is 1. The van der Waals surface area contributed by atoms with Crippen LogP contribution in [0, 0.1) is 5.82 Å². The Labute approximate surface area is 282 Å². The molecule has 0 aliphatic carbocycles. The molecule has 3 saturated heterocycles. The fraction of sp³-hybridized carbons (Fsp3) is 0.486. The van der Waals surface area contributed by atoms with Gasteiger partial charge in [0, 0.05) is 48.7 Å². The fourth-order valence-electron chi connectivity index (χ4n) is 7.53. The molecule has 254 valence electrons. The second kappa shape index (κ2) is 13.2. The Balaban J connectivity index is 1.28. The van der Waals surface area contributed by atoms with Crippen LogP contribution in [0.25, 0.3) is 32.9 Å². The number of pyridine rings is 1. The number of alkyl halides is 1. The van der Waals surface area contributed by atoms with Crippen molar-refractivity contribution in [2.45, 2.75) is 62.9 Å². The molecule has 5 heterocycles. The van der Waals surface area contributed by atoms with Gasteiger partial charge >= 0.3 is 12.1 Å². The van der Waals surface area contributed by atoms with E-state index in [0.717, 1.165) is 37.6 Å². The first-order valence-electron chi connectivity index (χ1n) is 16.6. The van der Waals surface area contributed by atoms with Gasteiger partial charge in [0.25, 0.3) is 0 Å². The van der Waals surface area contributed by atoms with Crippen LogP contribution in [-0.4, -0.2) is 106 Å². The minimum atomic E-state index is -0.938. The Morgan fingerprint density at radius 1 is 1.19 bits per heavy atom. The Kier molecular flexibility index (Phi) is 8.99. The number of halogens is 3. The van der Waals surface area contributed by atoms with Crippen LogP contribution in [0.2, 0.25) is 5.02 Å². The minimum absolute atomic E-state index is 0.0187. The quantitative estimate of drug-likeness (QED) is 0.213. The van der Waals surface area contributed by atoms with Gasteiger partial charge in [0.15, 0.2) is 5.82 Å². The molecule has 4 aromatic rings. The molecule has 10 nitrogen and oxygen atoms in total. The normalized spacial score (nSPS) is 24.0. The molecule has 2 aromatic carbocycles. The molecule has 0 bridgehead atoms. The number of hydrogen-bond acceptors (Lipinski definition) is 9. The monoisotopic (exact) mass is 680 g/mol. The summed E-state index contributed by atoms with van der Waals surface area (Å²) in [7, 11) is 1.73. The van der Waals surface area contributed by atoms with Gasteiger partial charge in [-0.2, -0.15) is 9.97 Å². The number of likely N-dealkylation sites (tertiary alicyclic amines) is 1. The zero-order chi connectivity index (χ0) is 33.6.